The topological polar surface area (TPSA) is 67.7 Å². The highest BCUT2D eigenvalue weighted by molar-refractivity contribution is 7.99. The van der Waals surface area contributed by atoms with Gasteiger partial charge in [-0.1, -0.05) is 49.4 Å². The zero-order valence-electron chi connectivity index (χ0n) is 23.5. The summed E-state index contributed by atoms with van der Waals surface area (Å²) in [5, 5.41) is 6.81. The largest absolute Gasteiger partial charge is 0.497 e. The highest BCUT2D eigenvalue weighted by Gasteiger charge is 2.42. The average Bonchev–Trinajstić information content (AvgIpc) is 3.57. The van der Waals surface area contributed by atoms with Crippen molar-refractivity contribution in [3.63, 3.8) is 0 Å². The molecule has 1 saturated heterocycles. The van der Waals surface area contributed by atoms with Crippen LogP contribution in [0.5, 0.6) is 5.75 Å². The van der Waals surface area contributed by atoms with E-state index in [0.29, 0.717) is 18.5 Å². The van der Waals surface area contributed by atoms with Crippen LogP contribution in [0.2, 0.25) is 0 Å². The molecule has 1 aromatic heterocycles. The van der Waals surface area contributed by atoms with Crippen molar-refractivity contribution in [3.8, 4) is 5.75 Å². The number of piperidine rings is 1. The van der Waals surface area contributed by atoms with Gasteiger partial charge in [0.2, 0.25) is 5.91 Å². The quantitative estimate of drug-likeness (QED) is 0.249. The first-order chi connectivity index (χ1) is 19.9. The summed E-state index contributed by atoms with van der Waals surface area (Å²) in [6, 6.07) is 18.4. The molecule has 1 aliphatic carbocycles. The zero-order valence-corrected chi connectivity index (χ0v) is 24.3. The Hall–Kier alpha value is -3.78. The fraction of sp³-hybridized carbons (Fsp3) is 0.364. The van der Waals surface area contributed by atoms with E-state index in [1.807, 2.05) is 47.5 Å². The molecule has 8 heteroatoms. The van der Waals surface area contributed by atoms with Crippen LogP contribution in [0.3, 0.4) is 0 Å². The van der Waals surface area contributed by atoms with E-state index in [1.165, 1.54) is 6.42 Å². The standard InChI is InChI=1S/C33H34N4O3S/c1-33(15-4-16-33)32(39)35-17-13-23(14-18-35)37-21-25(19-34-37)41-29-12-11-28-30-26(29)5-3-6-27(30)31(38)36(28)20-22-7-9-24(40-2)10-8-22/h3,5-12,19,21,23H,4,13-18,20H2,1-2H3. The van der Waals surface area contributed by atoms with Crippen LogP contribution in [-0.4, -0.2) is 46.7 Å². The summed E-state index contributed by atoms with van der Waals surface area (Å²) in [6.07, 6.45) is 9.15. The second-order valence-electron chi connectivity index (χ2n) is 11.7. The van der Waals surface area contributed by atoms with Gasteiger partial charge in [0.05, 0.1) is 36.5 Å². The Morgan fingerprint density at radius 2 is 1.85 bits per heavy atom. The highest BCUT2D eigenvalue weighted by Crippen LogP contribution is 2.45. The van der Waals surface area contributed by atoms with Gasteiger partial charge < -0.3 is 14.5 Å². The Balaban J connectivity index is 1.07. The lowest BCUT2D eigenvalue weighted by atomic mass is 9.69. The number of methoxy groups -OCH3 is 1. The van der Waals surface area contributed by atoms with Gasteiger partial charge in [0, 0.05) is 40.5 Å². The van der Waals surface area contributed by atoms with E-state index in [4.69, 9.17) is 9.84 Å². The van der Waals surface area contributed by atoms with Crippen molar-refractivity contribution in [3.05, 3.63) is 78.1 Å². The number of amides is 2. The number of hydrogen-bond acceptors (Lipinski definition) is 5. The molecule has 1 saturated carbocycles. The predicted molar refractivity (Wildman–Crippen MR) is 161 cm³/mol. The Morgan fingerprint density at radius 1 is 1.07 bits per heavy atom. The molecule has 41 heavy (non-hydrogen) atoms. The molecule has 0 radical (unpaired) electrons. The minimum absolute atomic E-state index is 0.0347. The van der Waals surface area contributed by atoms with Gasteiger partial charge in [-0.15, -0.1) is 0 Å². The van der Waals surface area contributed by atoms with Crippen molar-refractivity contribution >= 4 is 40.0 Å². The first kappa shape index (κ1) is 26.1. The van der Waals surface area contributed by atoms with E-state index in [-0.39, 0.29) is 11.3 Å². The molecule has 0 spiro atoms. The van der Waals surface area contributed by atoms with Crippen LogP contribution in [0.15, 0.2) is 76.8 Å². The molecule has 0 bridgehead atoms. The van der Waals surface area contributed by atoms with Crippen molar-refractivity contribution in [2.45, 2.75) is 61.4 Å². The molecule has 7 rings (SSSR count). The first-order valence-corrected chi connectivity index (χ1v) is 15.3. The first-order valence-electron chi connectivity index (χ1n) is 14.5. The normalized spacial score (nSPS) is 18.1. The number of ether oxygens (including phenoxy) is 1. The SMILES string of the molecule is COc1ccc(CN2C(=O)c3cccc4c(Sc5cnn(C6CCN(C(=O)C7(C)CCC7)CC6)c5)ccc2c34)cc1. The minimum atomic E-state index is -0.126. The summed E-state index contributed by atoms with van der Waals surface area (Å²) in [4.78, 5) is 32.5. The Kier molecular flexibility index (Phi) is 6.53. The number of benzene rings is 3. The van der Waals surface area contributed by atoms with Crippen LogP contribution in [0.4, 0.5) is 5.69 Å². The number of carbonyl (C=O) groups excluding carboxylic acids is 2. The molecule has 3 aliphatic rings. The lowest BCUT2D eigenvalue weighted by molar-refractivity contribution is -0.147. The second-order valence-corrected chi connectivity index (χ2v) is 12.9. The Morgan fingerprint density at radius 3 is 2.56 bits per heavy atom. The summed E-state index contributed by atoms with van der Waals surface area (Å²) in [7, 11) is 1.65. The Bertz CT molecular complexity index is 1630. The molecule has 210 valence electrons. The molecule has 2 fully saturated rings. The van der Waals surface area contributed by atoms with Crippen LogP contribution < -0.4 is 9.64 Å². The maximum Gasteiger partial charge on any atom is 0.259 e. The third-order valence-electron chi connectivity index (χ3n) is 9.15. The third-order valence-corrected chi connectivity index (χ3v) is 10.2. The van der Waals surface area contributed by atoms with Crippen LogP contribution in [0.1, 0.15) is 61.0 Å². The van der Waals surface area contributed by atoms with Crippen molar-refractivity contribution in [2.24, 2.45) is 5.41 Å². The average molecular weight is 567 g/mol. The second kappa shape index (κ2) is 10.2. The van der Waals surface area contributed by atoms with Gasteiger partial charge in [-0.05, 0) is 67.0 Å². The molecule has 0 unspecified atom stereocenters. The van der Waals surface area contributed by atoms with Gasteiger partial charge >= 0.3 is 0 Å². The van der Waals surface area contributed by atoms with E-state index in [1.54, 1.807) is 18.9 Å². The van der Waals surface area contributed by atoms with Crippen molar-refractivity contribution in [1.29, 1.82) is 0 Å². The molecule has 0 N–H and O–H groups in total. The van der Waals surface area contributed by atoms with Crippen LogP contribution in [-0.2, 0) is 11.3 Å². The fourth-order valence-electron chi connectivity index (χ4n) is 6.51. The molecule has 2 aliphatic heterocycles. The Labute approximate surface area is 244 Å². The summed E-state index contributed by atoms with van der Waals surface area (Å²) >= 11 is 1.69. The van der Waals surface area contributed by atoms with Gasteiger partial charge in [0.15, 0.2) is 0 Å². The molecule has 3 aromatic carbocycles. The monoisotopic (exact) mass is 566 g/mol. The van der Waals surface area contributed by atoms with Gasteiger partial charge in [-0.2, -0.15) is 5.10 Å². The molecule has 7 nitrogen and oxygen atoms in total. The number of anilines is 1. The number of likely N-dealkylation sites (tertiary alicyclic amines) is 1. The summed E-state index contributed by atoms with van der Waals surface area (Å²) < 4.78 is 7.36. The van der Waals surface area contributed by atoms with Gasteiger partial charge in [0.25, 0.3) is 5.91 Å². The minimum Gasteiger partial charge on any atom is -0.497 e. The third kappa shape index (κ3) is 4.58. The molecular formula is C33H34N4O3S. The zero-order chi connectivity index (χ0) is 28.1. The van der Waals surface area contributed by atoms with Crippen molar-refractivity contribution in [2.75, 3.05) is 25.1 Å². The van der Waals surface area contributed by atoms with Crippen LogP contribution in [0, 0.1) is 5.41 Å². The number of rotatable bonds is 7. The molecule has 0 atom stereocenters. The molecule has 4 aromatic rings. The molecule has 2 amide bonds. The number of carbonyl (C=O) groups is 2. The lowest BCUT2D eigenvalue weighted by Gasteiger charge is -2.43. The van der Waals surface area contributed by atoms with Gasteiger partial charge in [-0.25, -0.2) is 0 Å². The maximum absolute atomic E-state index is 13.4. The van der Waals surface area contributed by atoms with E-state index < -0.39 is 0 Å². The molecule has 3 heterocycles. The van der Waals surface area contributed by atoms with Crippen molar-refractivity contribution in [1.82, 2.24) is 14.7 Å². The summed E-state index contributed by atoms with van der Waals surface area (Å²) in [6.45, 7) is 4.24. The van der Waals surface area contributed by atoms with Gasteiger partial charge in [0.1, 0.15) is 5.75 Å². The van der Waals surface area contributed by atoms with Crippen molar-refractivity contribution < 1.29 is 14.3 Å². The maximum atomic E-state index is 13.4. The van der Waals surface area contributed by atoms with E-state index >= 15 is 0 Å². The van der Waals surface area contributed by atoms with E-state index in [2.05, 4.69) is 40.9 Å². The lowest BCUT2D eigenvalue weighted by Crippen LogP contribution is -2.49. The highest BCUT2D eigenvalue weighted by atomic mass is 32.2. The number of hydrogen-bond donors (Lipinski definition) is 0. The summed E-state index contributed by atoms with van der Waals surface area (Å²) in [5.41, 5.74) is 2.63. The van der Waals surface area contributed by atoms with Crippen LogP contribution >= 0.6 is 11.8 Å². The van der Waals surface area contributed by atoms with Gasteiger partial charge in [-0.3, -0.25) is 14.3 Å². The predicted octanol–water partition coefficient (Wildman–Crippen LogP) is 6.71. The molecular weight excluding hydrogens is 532 g/mol. The number of nitrogens with zero attached hydrogens (tertiary/aromatic N) is 4. The van der Waals surface area contributed by atoms with E-state index in [0.717, 1.165) is 81.9 Å². The summed E-state index contributed by atoms with van der Waals surface area (Å²) in [5.74, 6) is 1.18. The fourth-order valence-corrected chi connectivity index (χ4v) is 7.45. The van der Waals surface area contributed by atoms with Crippen LogP contribution in [0.25, 0.3) is 10.8 Å². The van der Waals surface area contributed by atoms with E-state index in [9.17, 15) is 9.59 Å². The number of aromatic nitrogens is 2. The smallest absolute Gasteiger partial charge is 0.259 e.